The van der Waals surface area contributed by atoms with E-state index in [9.17, 15) is 4.79 Å². The van der Waals surface area contributed by atoms with Gasteiger partial charge in [-0.15, -0.1) is 11.1 Å². The van der Waals surface area contributed by atoms with Gasteiger partial charge in [0.05, 0.1) is 13.2 Å². The first kappa shape index (κ1) is 23.1. The Kier molecular flexibility index (Phi) is 9.58. The van der Waals surface area contributed by atoms with Crippen LogP contribution >= 0.6 is 0 Å². The number of benzene rings is 1. The van der Waals surface area contributed by atoms with E-state index in [1.54, 1.807) is 4.68 Å². The molecule has 1 aromatic carbocycles. The zero-order chi connectivity index (χ0) is 21.8. The summed E-state index contributed by atoms with van der Waals surface area (Å²) in [5, 5.41) is 13.4. The van der Waals surface area contributed by atoms with E-state index in [0.29, 0.717) is 44.2 Å². The maximum absolute atomic E-state index is 10.6. The average Bonchev–Trinajstić information content (AvgIpc) is 2.72. The number of nitrogen functional groups attached to an aromatic ring is 1. The van der Waals surface area contributed by atoms with Crippen molar-refractivity contribution in [3.05, 3.63) is 35.9 Å². The van der Waals surface area contributed by atoms with Crippen molar-refractivity contribution < 1.29 is 28.8 Å². The van der Waals surface area contributed by atoms with E-state index in [2.05, 4.69) is 11.0 Å². The molecule has 8 nitrogen and oxygen atoms in total. The summed E-state index contributed by atoms with van der Waals surface area (Å²) in [4.78, 5) is 10.6. The SMILES string of the molecule is C#CCOCCOCOc1ccc(-c2n[n+](CCCCC(=O)O)c(N)cc2C)cc1. The second-order valence-corrected chi connectivity index (χ2v) is 6.63. The van der Waals surface area contributed by atoms with Gasteiger partial charge >= 0.3 is 5.97 Å². The van der Waals surface area contributed by atoms with E-state index in [1.165, 1.54) is 0 Å². The van der Waals surface area contributed by atoms with Crippen LogP contribution in [0.4, 0.5) is 5.82 Å². The summed E-state index contributed by atoms with van der Waals surface area (Å²) >= 11 is 0. The van der Waals surface area contributed by atoms with Crippen LogP contribution in [0.1, 0.15) is 24.8 Å². The summed E-state index contributed by atoms with van der Waals surface area (Å²) in [7, 11) is 0. The molecule has 160 valence electrons. The molecular weight excluding hydrogens is 386 g/mol. The lowest BCUT2D eigenvalue weighted by molar-refractivity contribution is -0.739. The number of anilines is 1. The molecule has 1 heterocycles. The monoisotopic (exact) mass is 414 g/mol. The smallest absolute Gasteiger partial charge is 0.303 e. The van der Waals surface area contributed by atoms with Crippen molar-refractivity contribution in [2.45, 2.75) is 32.7 Å². The number of carboxylic acids is 1. The normalized spacial score (nSPS) is 10.5. The predicted molar refractivity (Wildman–Crippen MR) is 112 cm³/mol. The summed E-state index contributed by atoms with van der Waals surface area (Å²) < 4.78 is 17.7. The minimum atomic E-state index is -0.796. The highest BCUT2D eigenvalue weighted by molar-refractivity contribution is 5.66. The lowest BCUT2D eigenvalue weighted by Crippen LogP contribution is -2.41. The highest BCUT2D eigenvalue weighted by atomic mass is 16.7. The molecule has 0 unspecified atom stereocenters. The third-order valence-corrected chi connectivity index (χ3v) is 4.26. The topological polar surface area (TPSA) is 108 Å². The van der Waals surface area contributed by atoms with Crippen molar-refractivity contribution in [3.63, 3.8) is 0 Å². The molecule has 0 aliphatic carbocycles. The molecule has 2 rings (SSSR count). The summed E-state index contributed by atoms with van der Waals surface area (Å²) in [6.07, 6.45) is 6.50. The molecule has 0 amide bonds. The number of hydrogen-bond donors (Lipinski definition) is 2. The van der Waals surface area contributed by atoms with Gasteiger partial charge in [0, 0.05) is 18.1 Å². The van der Waals surface area contributed by atoms with Crippen molar-refractivity contribution in [1.82, 2.24) is 5.10 Å². The van der Waals surface area contributed by atoms with Gasteiger partial charge in [-0.3, -0.25) is 10.5 Å². The van der Waals surface area contributed by atoms with Crippen LogP contribution < -0.4 is 15.2 Å². The van der Waals surface area contributed by atoms with Crippen molar-refractivity contribution in [3.8, 4) is 29.4 Å². The minimum Gasteiger partial charge on any atom is -0.481 e. The summed E-state index contributed by atoms with van der Waals surface area (Å²) in [5.41, 5.74) is 8.78. The lowest BCUT2D eigenvalue weighted by atomic mass is 10.1. The van der Waals surface area contributed by atoms with Gasteiger partial charge in [-0.25, -0.2) is 0 Å². The van der Waals surface area contributed by atoms with Gasteiger partial charge in [0.2, 0.25) is 0 Å². The number of nitrogens with zero attached hydrogens (tertiary/aromatic N) is 2. The summed E-state index contributed by atoms with van der Waals surface area (Å²) in [6, 6.07) is 9.42. The molecule has 0 spiro atoms. The molecule has 0 aliphatic heterocycles. The molecule has 1 aromatic heterocycles. The number of aromatic nitrogens is 2. The molecule has 2 aromatic rings. The van der Waals surface area contributed by atoms with Crippen LogP contribution in [0.15, 0.2) is 30.3 Å². The van der Waals surface area contributed by atoms with Crippen LogP contribution in [0, 0.1) is 19.3 Å². The highest BCUT2D eigenvalue weighted by Gasteiger charge is 2.14. The zero-order valence-corrected chi connectivity index (χ0v) is 17.2. The number of unbranched alkanes of at least 4 members (excludes halogenated alkanes) is 1. The van der Waals surface area contributed by atoms with E-state index in [1.807, 2.05) is 37.3 Å². The number of rotatable bonds is 13. The first-order chi connectivity index (χ1) is 14.5. The Labute approximate surface area is 176 Å². The number of ether oxygens (including phenoxy) is 3. The first-order valence-corrected chi connectivity index (χ1v) is 9.72. The molecule has 0 saturated carbocycles. The molecule has 30 heavy (non-hydrogen) atoms. The van der Waals surface area contributed by atoms with Gasteiger partial charge in [0.15, 0.2) is 6.79 Å². The van der Waals surface area contributed by atoms with Crippen molar-refractivity contribution in [2.75, 3.05) is 32.3 Å². The molecule has 0 saturated heterocycles. The van der Waals surface area contributed by atoms with Crippen molar-refractivity contribution >= 4 is 11.8 Å². The van der Waals surface area contributed by atoms with Gasteiger partial charge in [-0.05, 0) is 49.6 Å². The van der Waals surface area contributed by atoms with Crippen molar-refractivity contribution in [1.29, 1.82) is 0 Å². The third kappa shape index (κ3) is 7.70. The van der Waals surface area contributed by atoms with Crippen LogP contribution in [0.2, 0.25) is 0 Å². The van der Waals surface area contributed by atoms with Crippen LogP contribution in [-0.4, -0.2) is 42.8 Å². The number of nitrogens with two attached hydrogens (primary N) is 1. The Balaban J connectivity index is 1.92. The Morgan fingerprint density at radius 1 is 1.23 bits per heavy atom. The fraction of sp³-hybridized carbons (Fsp3) is 0.409. The molecule has 0 aliphatic rings. The number of terminal acetylenes is 1. The fourth-order valence-electron chi connectivity index (χ4n) is 2.75. The van der Waals surface area contributed by atoms with Crippen LogP contribution in [-0.2, 0) is 20.8 Å². The minimum absolute atomic E-state index is 0.119. The standard InChI is InChI=1S/C22H27N3O5/c1-3-12-28-13-14-29-16-30-19-9-7-18(8-10-19)22-17(2)15-20(23)25(24-22)11-5-4-6-21(26)27/h1,7-10,15,23H,4-6,11-14,16H2,2H3,(H,26,27)/p+1. The van der Waals surface area contributed by atoms with Gasteiger partial charge in [-0.2, -0.15) is 0 Å². The summed E-state index contributed by atoms with van der Waals surface area (Å²) in [5.74, 6) is 2.82. The first-order valence-electron chi connectivity index (χ1n) is 9.72. The quantitative estimate of drug-likeness (QED) is 0.224. The van der Waals surface area contributed by atoms with Crippen molar-refractivity contribution in [2.24, 2.45) is 0 Å². The molecular formula is C22H28N3O5+. The average molecular weight is 414 g/mol. The second kappa shape index (κ2) is 12.4. The number of carboxylic acid groups (broad SMARTS) is 1. The molecule has 0 radical (unpaired) electrons. The second-order valence-electron chi connectivity index (χ2n) is 6.63. The summed E-state index contributed by atoms with van der Waals surface area (Å²) in [6.45, 7) is 3.73. The number of aryl methyl sites for hydroxylation is 2. The number of aliphatic carboxylic acids is 1. The Morgan fingerprint density at radius 2 is 1.97 bits per heavy atom. The lowest BCUT2D eigenvalue weighted by Gasteiger charge is -2.10. The molecule has 0 fully saturated rings. The highest BCUT2D eigenvalue weighted by Crippen LogP contribution is 2.23. The zero-order valence-electron chi connectivity index (χ0n) is 17.2. The maximum atomic E-state index is 10.6. The van der Waals surface area contributed by atoms with Crippen LogP contribution in [0.5, 0.6) is 5.75 Å². The van der Waals surface area contributed by atoms with Gasteiger partial charge in [0.1, 0.15) is 24.6 Å². The fourth-order valence-corrected chi connectivity index (χ4v) is 2.75. The Morgan fingerprint density at radius 3 is 2.67 bits per heavy atom. The van der Waals surface area contributed by atoms with E-state index >= 15 is 0 Å². The van der Waals surface area contributed by atoms with Gasteiger partial charge in [0.25, 0.3) is 5.82 Å². The number of hydrogen-bond acceptors (Lipinski definition) is 6. The van der Waals surface area contributed by atoms with Gasteiger partial charge in [-0.1, -0.05) is 11.0 Å². The van der Waals surface area contributed by atoms with Crippen LogP contribution in [0.3, 0.4) is 0 Å². The molecule has 3 N–H and O–H groups in total. The third-order valence-electron chi connectivity index (χ3n) is 4.26. The molecule has 0 bridgehead atoms. The Bertz CT molecular complexity index is 862. The number of carbonyl (C=O) groups is 1. The molecule has 8 heteroatoms. The van der Waals surface area contributed by atoms with E-state index < -0.39 is 5.97 Å². The Hall–Kier alpha value is -3.15. The van der Waals surface area contributed by atoms with E-state index in [-0.39, 0.29) is 19.8 Å². The van der Waals surface area contributed by atoms with E-state index in [0.717, 1.165) is 16.8 Å². The maximum Gasteiger partial charge on any atom is 0.303 e. The molecule has 0 atom stereocenters. The predicted octanol–water partition coefficient (Wildman–Crippen LogP) is 2.18. The van der Waals surface area contributed by atoms with E-state index in [4.69, 9.17) is 31.5 Å². The van der Waals surface area contributed by atoms with Crippen LogP contribution in [0.25, 0.3) is 11.3 Å². The van der Waals surface area contributed by atoms with Gasteiger partial charge < -0.3 is 19.3 Å². The largest absolute Gasteiger partial charge is 0.481 e.